The van der Waals surface area contributed by atoms with Gasteiger partial charge in [0.05, 0.1) is 5.92 Å². The first-order chi connectivity index (χ1) is 14.5. The van der Waals surface area contributed by atoms with Gasteiger partial charge in [0.2, 0.25) is 5.91 Å². The standard InChI is InChI=1S/C24H21FN2O3/c25-19-10-4-9-18(12-19)21-14-27(24(29)30)15-22(21)23(28)26-20-11-5-8-17(13-20)16-6-2-1-3-7-16/h1-13,21-22H,14-15H2,(H,26,28)(H,29,30)/t21-,22+/m0/s1. The van der Waals surface area contributed by atoms with Crippen molar-refractivity contribution in [1.82, 2.24) is 4.90 Å². The van der Waals surface area contributed by atoms with E-state index in [0.29, 0.717) is 11.3 Å². The maximum absolute atomic E-state index is 13.7. The van der Waals surface area contributed by atoms with Gasteiger partial charge >= 0.3 is 6.09 Å². The van der Waals surface area contributed by atoms with E-state index < -0.39 is 23.7 Å². The van der Waals surface area contributed by atoms with Crippen LogP contribution in [0.15, 0.2) is 78.9 Å². The van der Waals surface area contributed by atoms with Gasteiger partial charge in [-0.3, -0.25) is 4.79 Å². The van der Waals surface area contributed by atoms with Crippen molar-refractivity contribution >= 4 is 17.7 Å². The first kappa shape index (κ1) is 19.6. The molecule has 3 aromatic rings. The average Bonchev–Trinajstić information content (AvgIpc) is 3.21. The van der Waals surface area contributed by atoms with E-state index in [2.05, 4.69) is 5.32 Å². The lowest BCUT2D eigenvalue weighted by atomic mass is 9.88. The van der Waals surface area contributed by atoms with E-state index >= 15 is 0 Å². The number of rotatable bonds is 4. The number of carbonyl (C=O) groups is 2. The molecule has 2 amide bonds. The molecule has 1 saturated heterocycles. The largest absolute Gasteiger partial charge is 0.465 e. The average molecular weight is 404 g/mol. The highest BCUT2D eigenvalue weighted by molar-refractivity contribution is 5.94. The zero-order valence-electron chi connectivity index (χ0n) is 16.2. The van der Waals surface area contributed by atoms with Gasteiger partial charge in [0.15, 0.2) is 0 Å². The Kier molecular flexibility index (Phi) is 5.48. The van der Waals surface area contributed by atoms with Crippen LogP contribution in [0, 0.1) is 11.7 Å². The maximum atomic E-state index is 13.7. The highest BCUT2D eigenvalue weighted by Crippen LogP contribution is 2.34. The first-order valence-electron chi connectivity index (χ1n) is 9.71. The molecule has 4 rings (SSSR count). The predicted molar refractivity (Wildman–Crippen MR) is 113 cm³/mol. The number of anilines is 1. The number of amides is 2. The predicted octanol–water partition coefficient (Wildman–Crippen LogP) is 4.82. The lowest BCUT2D eigenvalue weighted by molar-refractivity contribution is -0.119. The molecule has 3 aromatic carbocycles. The van der Waals surface area contributed by atoms with Crippen LogP contribution >= 0.6 is 0 Å². The van der Waals surface area contributed by atoms with Crippen molar-refractivity contribution in [2.75, 3.05) is 18.4 Å². The minimum absolute atomic E-state index is 0.0702. The Morgan fingerprint density at radius 2 is 1.63 bits per heavy atom. The Morgan fingerprint density at radius 1 is 0.900 bits per heavy atom. The number of carboxylic acid groups (broad SMARTS) is 1. The van der Waals surface area contributed by atoms with E-state index in [1.807, 2.05) is 48.5 Å². The third kappa shape index (κ3) is 4.17. The van der Waals surface area contributed by atoms with E-state index in [4.69, 9.17) is 0 Å². The summed E-state index contributed by atoms with van der Waals surface area (Å²) in [4.78, 5) is 25.8. The van der Waals surface area contributed by atoms with Crippen LogP contribution in [0.3, 0.4) is 0 Å². The summed E-state index contributed by atoms with van der Waals surface area (Å²) >= 11 is 0. The van der Waals surface area contributed by atoms with E-state index in [1.54, 1.807) is 18.2 Å². The number of hydrogen-bond acceptors (Lipinski definition) is 2. The van der Waals surface area contributed by atoms with Crippen LogP contribution in [-0.4, -0.2) is 35.1 Å². The van der Waals surface area contributed by atoms with E-state index in [0.717, 1.165) is 11.1 Å². The number of halogens is 1. The van der Waals surface area contributed by atoms with Crippen molar-refractivity contribution in [3.8, 4) is 11.1 Å². The summed E-state index contributed by atoms with van der Waals surface area (Å²) in [7, 11) is 0. The molecule has 0 spiro atoms. The van der Waals surface area contributed by atoms with Gasteiger partial charge in [-0.2, -0.15) is 0 Å². The molecule has 0 bridgehead atoms. The second-order valence-corrected chi connectivity index (χ2v) is 7.39. The van der Waals surface area contributed by atoms with Gasteiger partial charge in [0.1, 0.15) is 5.82 Å². The Hall–Kier alpha value is -3.67. The smallest absolute Gasteiger partial charge is 0.407 e. The van der Waals surface area contributed by atoms with Crippen molar-refractivity contribution in [3.63, 3.8) is 0 Å². The fourth-order valence-electron chi connectivity index (χ4n) is 3.94. The number of hydrogen-bond donors (Lipinski definition) is 2. The summed E-state index contributed by atoms with van der Waals surface area (Å²) in [5.74, 6) is -1.70. The van der Waals surface area contributed by atoms with Crippen LogP contribution in [0.4, 0.5) is 14.9 Å². The molecular weight excluding hydrogens is 383 g/mol. The Bertz CT molecular complexity index is 1070. The monoisotopic (exact) mass is 404 g/mol. The fraction of sp³-hybridized carbons (Fsp3) is 0.167. The molecule has 1 heterocycles. The molecule has 6 heteroatoms. The molecule has 1 aliphatic heterocycles. The van der Waals surface area contributed by atoms with Crippen LogP contribution < -0.4 is 5.32 Å². The van der Waals surface area contributed by atoms with Gasteiger partial charge in [-0.05, 0) is 41.0 Å². The molecule has 0 saturated carbocycles. The normalized spacial score (nSPS) is 18.2. The minimum atomic E-state index is -1.09. The zero-order valence-corrected chi connectivity index (χ0v) is 16.2. The summed E-state index contributed by atoms with van der Waals surface area (Å²) in [6, 6.07) is 23.3. The van der Waals surface area contributed by atoms with Gasteiger partial charge in [-0.25, -0.2) is 9.18 Å². The SMILES string of the molecule is O=C(Nc1cccc(-c2ccccc2)c1)[C@@H]1CN(C(=O)O)C[C@H]1c1cccc(F)c1. The van der Waals surface area contributed by atoms with Gasteiger partial charge in [0.25, 0.3) is 0 Å². The van der Waals surface area contributed by atoms with Gasteiger partial charge < -0.3 is 15.3 Å². The number of likely N-dealkylation sites (tertiary alicyclic amines) is 1. The Balaban J connectivity index is 1.57. The highest BCUT2D eigenvalue weighted by Gasteiger charge is 2.40. The molecule has 2 atom stereocenters. The lowest BCUT2D eigenvalue weighted by Crippen LogP contribution is -2.30. The molecular formula is C24H21FN2O3. The van der Waals surface area contributed by atoms with Crippen molar-refractivity contribution in [1.29, 1.82) is 0 Å². The summed E-state index contributed by atoms with van der Waals surface area (Å²) in [6.45, 7) is 0.224. The summed E-state index contributed by atoms with van der Waals surface area (Å²) in [5.41, 5.74) is 3.25. The molecule has 1 fully saturated rings. The second kappa shape index (κ2) is 8.37. The van der Waals surface area contributed by atoms with Crippen molar-refractivity contribution in [3.05, 3.63) is 90.2 Å². The quantitative estimate of drug-likeness (QED) is 0.655. The molecule has 152 valence electrons. The summed E-state index contributed by atoms with van der Waals surface area (Å²) < 4.78 is 13.7. The number of nitrogens with zero attached hydrogens (tertiary/aromatic N) is 1. The molecule has 5 nitrogen and oxygen atoms in total. The van der Waals surface area contributed by atoms with Crippen LogP contribution in [0.5, 0.6) is 0 Å². The van der Waals surface area contributed by atoms with Crippen molar-refractivity contribution in [2.45, 2.75) is 5.92 Å². The molecule has 2 N–H and O–H groups in total. The third-order valence-electron chi connectivity index (χ3n) is 5.44. The molecule has 0 aromatic heterocycles. The van der Waals surface area contributed by atoms with E-state index in [-0.39, 0.29) is 19.0 Å². The van der Waals surface area contributed by atoms with Crippen LogP contribution in [-0.2, 0) is 4.79 Å². The van der Waals surface area contributed by atoms with Gasteiger partial charge in [0, 0.05) is 24.7 Å². The van der Waals surface area contributed by atoms with E-state index in [9.17, 15) is 19.1 Å². The van der Waals surface area contributed by atoms with Crippen molar-refractivity contribution < 1.29 is 19.1 Å². The second-order valence-electron chi connectivity index (χ2n) is 7.39. The Morgan fingerprint density at radius 3 is 2.37 bits per heavy atom. The van der Waals surface area contributed by atoms with E-state index in [1.165, 1.54) is 17.0 Å². The van der Waals surface area contributed by atoms with Gasteiger partial charge in [-0.15, -0.1) is 0 Å². The van der Waals surface area contributed by atoms with Gasteiger partial charge in [-0.1, -0.05) is 54.6 Å². The lowest BCUT2D eigenvalue weighted by Gasteiger charge is -2.18. The molecule has 30 heavy (non-hydrogen) atoms. The molecule has 1 aliphatic rings. The van der Waals surface area contributed by atoms with Crippen LogP contribution in [0.2, 0.25) is 0 Å². The molecule has 0 aliphatic carbocycles. The number of benzene rings is 3. The highest BCUT2D eigenvalue weighted by atomic mass is 19.1. The minimum Gasteiger partial charge on any atom is -0.465 e. The van der Waals surface area contributed by atoms with Crippen LogP contribution in [0.1, 0.15) is 11.5 Å². The Labute approximate surface area is 173 Å². The zero-order chi connectivity index (χ0) is 21.1. The topological polar surface area (TPSA) is 69.6 Å². The van der Waals surface area contributed by atoms with Crippen LogP contribution in [0.25, 0.3) is 11.1 Å². The fourth-order valence-corrected chi connectivity index (χ4v) is 3.94. The maximum Gasteiger partial charge on any atom is 0.407 e. The van der Waals surface area contributed by atoms with Crippen molar-refractivity contribution in [2.24, 2.45) is 5.92 Å². The number of nitrogens with one attached hydrogen (secondary N) is 1. The number of carbonyl (C=O) groups excluding carboxylic acids is 1. The third-order valence-corrected chi connectivity index (χ3v) is 5.44. The molecule has 0 radical (unpaired) electrons. The first-order valence-corrected chi connectivity index (χ1v) is 9.71. The molecule has 0 unspecified atom stereocenters. The summed E-state index contributed by atoms with van der Waals surface area (Å²) in [5, 5.41) is 12.3. The summed E-state index contributed by atoms with van der Waals surface area (Å²) in [6.07, 6.45) is -1.09.